The van der Waals surface area contributed by atoms with E-state index >= 15 is 0 Å². The summed E-state index contributed by atoms with van der Waals surface area (Å²) in [6, 6.07) is 1.43. The molecular weight excluding hydrogens is 155 g/mol. The largest absolute Gasteiger partial charge is 0.398 e. The molecule has 0 atom stereocenters. The molecule has 0 saturated heterocycles. The van der Waals surface area contributed by atoms with Gasteiger partial charge in [0, 0.05) is 17.4 Å². The number of pyridine rings is 1. The number of hydrogen-bond donors (Lipinski definition) is 1. The van der Waals surface area contributed by atoms with Gasteiger partial charge in [-0.25, -0.2) is 9.37 Å². The first kappa shape index (κ1) is 7.28. The Morgan fingerprint density at radius 1 is 1.70 bits per heavy atom. The molecular formula is C6H6ClFN2. The van der Waals surface area contributed by atoms with Crippen LogP contribution in [0.1, 0.15) is 5.56 Å². The predicted octanol–water partition coefficient (Wildman–Crippen LogP) is 1.79. The Morgan fingerprint density at radius 2 is 2.40 bits per heavy atom. The van der Waals surface area contributed by atoms with Crippen molar-refractivity contribution in [2.24, 2.45) is 0 Å². The van der Waals surface area contributed by atoms with Crippen LogP contribution < -0.4 is 5.73 Å². The number of alkyl halides is 1. The Morgan fingerprint density at radius 3 is 2.90 bits per heavy atom. The lowest BCUT2D eigenvalue weighted by Gasteiger charge is -1.98. The molecule has 0 bridgehead atoms. The van der Waals surface area contributed by atoms with Crippen LogP contribution in [0.3, 0.4) is 0 Å². The van der Waals surface area contributed by atoms with E-state index in [0.717, 1.165) is 0 Å². The lowest BCUT2D eigenvalue weighted by molar-refractivity contribution is 0.485. The Balaban J connectivity index is 3.07. The summed E-state index contributed by atoms with van der Waals surface area (Å²) in [7, 11) is 0. The predicted molar refractivity (Wildman–Crippen MR) is 38.5 cm³/mol. The lowest BCUT2D eigenvalue weighted by Crippen LogP contribution is -1.92. The highest BCUT2D eigenvalue weighted by atomic mass is 35.5. The minimum Gasteiger partial charge on any atom is -0.398 e. The number of hydrogen-bond acceptors (Lipinski definition) is 2. The summed E-state index contributed by atoms with van der Waals surface area (Å²) < 4.78 is 12.0. The van der Waals surface area contributed by atoms with Crippen molar-refractivity contribution >= 4 is 17.3 Å². The Bertz CT molecular complexity index is 239. The van der Waals surface area contributed by atoms with Gasteiger partial charge in [0.05, 0.1) is 0 Å². The van der Waals surface area contributed by atoms with E-state index in [1.165, 1.54) is 12.3 Å². The van der Waals surface area contributed by atoms with Crippen molar-refractivity contribution < 1.29 is 4.39 Å². The maximum atomic E-state index is 12.0. The number of halogens is 2. The fourth-order valence-corrected chi connectivity index (χ4v) is 0.750. The summed E-state index contributed by atoms with van der Waals surface area (Å²) in [5, 5.41) is 0.287. The summed E-state index contributed by atoms with van der Waals surface area (Å²) in [6.07, 6.45) is 1.33. The van der Waals surface area contributed by atoms with Gasteiger partial charge >= 0.3 is 0 Å². The van der Waals surface area contributed by atoms with Crippen LogP contribution in [0.2, 0.25) is 5.15 Å². The van der Waals surface area contributed by atoms with Crippen LogP contribution in [0.25, 0.3) is 0 Å². The molecule has 0 fully saturated rings. The first-order valence-corrected chi connectivity index (χ1v) is 3.07. The fourth-order valence-electron chi connectivity index (χ4n) is 0.584. The van der Waals surface area contributed by atoms with E-state index in [4.69, 9.17) is 17.3 Å². The molecule has 54 valence electrons. The van der Waals surface area contributed by atoms with Crippen molar-refractivity contribution in [3.63, 3.8) is 0 Å². The highest BCUT2D eigenvalue weighted by Gasteiger charge is 1.98. The van der Waals surface area contributed by atoms with E-state index in [-0.39, 0.29) is 5.15 Å². The van der Waals surface area contributed by atoms with Crippen LogP contribution in [0.15, 0.2) is 12.3 Å². The van der Waals surface area contributed by atoms with Crippen molar-refractivity contribution in [3.05, 3.63) is 23.0 Å². The number of nitrogens with zero attached hydrogens (tertiary/aromatic N) is 1. The maximum absolute atomic E-state index is 12.0. The van der Waals surface area contributed by atoms with E-state index in [1.807, 2.05) is 0 Å². The SMILES string of the molecule is Nc1cc(Cl)ncc1CF. The van der Waals surface area contributed by atoms with Gasteiger partial charge in [-0.3, -0.25) is 0 Å². The number of nitrogen functional groups attached to an aromatic ring is 1. The molecule has 1 rings (SSSR count). The van der Waals surface area contributed by atoms with E-state index in [0.29, 0.717) is 11.3 Å². The number of rotatable bonds is 1. The van der Waals surface area contributed by atoms with Crippen molar-refractivity contribution in [1.82, 2.24) is 4.98 Å². The minimum atomic E-state index is -0.601. The molecule has 0 unspecified atom stereocenters. The van der Waals surface area contributed by atoms with Gasteiger partial charge in [0.25, 0.3) is 0 Å². The summed E-state index contributed by atoms with van der Waals surface area (Å²) in [5.74, 6) is 0. The average molecular weight is 161 g/mol. The molecule has 0 amide bonds. The molecule has 1 aromatic rings. The number of aromatic nitrogens is 1. The van der Waals surface area contributed by atoms with Gasteiger partial charge in [-0.1, -0.05) is 11.6 Å². The zero-order valence-electron chi connectivity index (χ0n) is 5.14. The van der Waals surface area contributed by atoms with Crippen LogP contribution in [0.5, 0.6) is 0 Å². The van der Waals surface area contributed by atoms with Gasteiger partial charge in [-0.05, 0) is 6.07 Å². The summed E-state index contributed by atoms with van der Waals surface area (Å²) in [6.45, 7) is -0.601. The van der Waals surface area contributed by atoms with Crippen molar-refractivity contribution in [2.45, 2.75) is 6.67 Å². The number of nitrogens with two attached hydrogens (primary N) is 1. The van der Waals surface area contributed by atoms with E-state index < -0.39 is 6.67 Å². The molecule has 0 saturated carbocycles. The van der Waals surface area contributed by atoms with Crippen LogP contribution in [0, 0.1) is 0 Å². The second-order valence-corrected chi connectivity index (χ2v) is 2.23. The monoisotopic (exact) mass is 160 g/mol. The Labute approximate surface area is 62.8 Å². The van der Waals surface area contributed by atoms with Crippen molar-refractivity contribution in [3.8, 4) is 0 Å². The van der Waals surface area contributed by atoms with Gasteiger partial charge in [0.15, 0.2) is 0 Å². The first-order chi connectivity index (χ1) is 4.74. The van der Waals surface area contributed by atoms with Gasteiger partial charge in [-0.2, -0.15) is 0 Å². The minimum absolute atomic E-state index is 0.287. The van der Waals surface area contributed by atoms with E-state index in [2.05, 4.69) is 4.98 Å². The second-order valence-electron chi connectivity index (χ2n) is 1.84. The third-order valence-electron chi connectivity index (χ3n) is 1.13. The fraction of sp³-hybridized carbons (Fsp3) is 0.167. The highest BCUT2D eigenvalue weighted by Crippen LogP contribution is 2.15. The molecule has 1 heterocycles. The van der Waals surface area contributed by atoms with Gasteiger partial charge in [-0.15, -0.1) is 0 Å². The number of anilines is 1. The van der Waals surface area contributed by atoms with Crippen LogP contribution >= 0.6 is 11.6 Å². The maximum Gasteiger partial charge on any atom is 0.131 e. The first-order valence-electron chi connectivity index (χ1n) is 2.70. The molecule has 0 aliphatic carbocycles. The smallest absolute Gasteiger partial charge is 0.131 e. The average Bonchev–Trinajstić information content (AvgIpc) is 1.88. The molecule has 0 radical (unpaired) electrons. The topological polar surface area (TPSA) is 38.9 Å². The second kappa shape index (κ2) is 2.84. The molecule has 2 N–H and O–H groups in total. The third kappa shape index (κ3) is 1.36. The quantitative estimate of drug-likeness (QED) is 0.637. The van der Waals surface area contributed by atoms with Crippen molar-refractivity contribution in [1.29, 1.82) is 0 Å². The van der Waals surface area contributed by atoms with Gasteiger partial charge in [0.2, 0.25) is 0 Å². The molecule has 0 aliphatic rings. The van der Waals surface area contributed by atoms with Gasteiger partial charge < -0.3 is 5.73 Å². The molecule has 0 aliphatic heterocycles. The molecule has 1 aromatic heterocycles. The van der Waals surface area contributed by atoms with Gasteiger partial charge in [0.1, 0.15) is 11.8 Å². The lowest BCUT2D eigenvalue weighted by atomic mass is 10.3. The molecule has 2 nitrogen and oxygen atoms in total. The van der Waals surface area contributed by atoms with Crippen LogP contribution in [-0.4, -0.2) is 4.98 Å². The highest BCUT2D eigenvalue weighted by molar-refractivity contribution is 6.29. The Kier molecular flexibility index (Phi) is 2.06. The van der Waals surface area contributed by atoms with E-state index in [9.17, 15) is 4.39 Å². The normalized spacial score (nSPS) is 9.80. The zero-order chi connectivity index (χ0) is 7.56. The standard InChI is InChI=1S/C6H6ClFN2/c7-6-1-5(9)4(2-8)3-10-6/h1,3H,2H2,(H2,9,10). The van der Waals surface area contributed by atoms with E-state index in [1.54, 1.807) is 0 Å². The van der Waals surface area contributed by atoms with Crippen LogP contribution in [0.4, 0.5) is 10.1 Å². The molecule has 10 heavy (non-hydrogen) atoms. The van der Waals surface area contributed by atoms with Crippen LogP contribution in [-0.2, 0) is 6.67 Å². The Hall–Kier alpha value is -0.830. The summed E-state index contributed by atoms with van der Waals surface area (Å²) in [4.78, 5) is 3.66. The summed E-state index contributed by atoms with van der Waals surface area (Å²) >= 11 is 5.46. The molecule has 0 aromatic carbocycles. The third-order valence-corrected chi connectivity index (χ3v) is 1.34. The summed E-state index contributed by atoms with van der Waals surface area (Å²) in [5.41, 5.74) is 6.10. The zero-order valence-corrected chi connectivity index (χ0v) is 5.90. The van der Waals surface area contributed by atoms with Crippen molar-refractivity contribution in [2.75, 3.05) is 5.73 Å². The molecule has 0 spiro atoms. The molecule has 4 heteroatoms.